The average Bonchev–Trinajstić information content (AvgIpc) is 2.59. The molecule has 0 spiro atoms. The number of carbonyl (C=O) groups excluding carboxylic acids is 1. The quantitative estimate of drug-likeness (QED) is 0.716. The molecule has 0 atom stereocenters. The van der Waals surface area contributed by atoms with E-state index < -0.39 is 32.7 Å². The standard InChI is InChI=1S/C19H21F3N2O3S/c1-13(2)28(26,27)12-14-6-5-7-15(10-14)23-11-18(25)24-17-9-4-3-8-16(17)19(20,21)22/h3-10,13,23H,11-12H2,1-2H3,(H,24,25). The number of nitrogens with one attached hydrogen (secondary N) is 2. The van der Waals surface area contributed by atoms with Crippen molar-refractivity contribution >= 4 is 27.1 Å². The molecule has 28 heavy (non-hydrogen) atoms. The van der Waals surface area contributed by atoms with Gasteiger partial charge in [0.1, 0.15) is 0 Å². The summed E-state index contributed by atoms with van der Waals surface area (Å²) in [6, 6.07) is 11.2. The molecule has 0 aliphatic heterocycles. The second-order valence-electron chi connectivity index (χ2n) is 6.50. The molecule has 2 aromatic carbocycles. The van der Waals surface area contributed by atoms with Gasteiger partial charge in [-0.2, -0.15) is 13.2 Å². The van der Waals surface area contributed by atoms with Crippen molar-refractivity contribution in [2.75, 3.05) is 17.2 Å². The molecule has 0 aliphatic rings. The highest BCUT2D eigenvalue weighted by Gasteiger charge is 2.33. The zero-order chi connectivity index (χ0) is 20.9. The smallest absolute Gasteiger partial charge is 0.376 e. The van der Waals surface area contributed by atoms with Crippen LogP contribution in [0.2, 0.25) is 0 Å². The molecule has 9 heteroatoms. The number of benzene rings is 2. The van der Waals surface area contributed by atoms with Crippen molar-refractivity contribution < 1.29 is 26.4 Å². The van der Waals surface area contributed by atoms with Crippen LogP contribution in [-0.2, 0) is 26.6 Å². The first kappa shape index (κ1) is 21.7. The van der Waals surface area contributed by atoms with Crippen LogP contribution < -0.4 is 10.6 Å². The van der Waals surface area contributed by atoms with Gasteiger partial charge in [0, 0.05) is 5.69 Å². The molecule has 0 unspecified atom stereocenters. The van der Waals surface area contributed by atoms with E-state index in [1.165, 1.54) is 18.2 Å². The molecule has 0 saturated heterocycles. The second kappa shape index (κ2) is 8.64. The van der Waals surface area contributed by atoms with Gasteiger partial charge < -0.3 is 10.6 Å². The van der Waals surface area contributed by atoms with Gasteiger partial charge in [-0.25, -0.2) is 8.42 Å². The van der Waals surface area contributed by atoms with Gasteiger partial charge in [0.2, 0.25) is 5.91 Å². The third kappa shape index (κ3) is 5.98. The van der Waals surface area contributed by atoms with Crippen LogP contribution in [0.1, 0.15) is 25.0 Å². The number of alkyl halides is 3. The maximum Gasteiger partial charge on any atom is 0.418 e. The molecule has 152 valence electrons. The van der Waals surface area contributed by atoms with E-state index in [1.54, 1.807) is 38.1 Å². The van der Waals surface area contributed by atoms with Gasteiger partial charge in [0.25, 0.3) is 0 Å². The second-order valence-corrected chi connectivity index (χ2v) is 9.06. The van der Waals surface area contributed by atoms with E-state index in [2.05, 4.69) is 10.6 Å². The average molecular weight is 414 g/mol. The first-order valence-electron chi connectivity index (χ1n) is 8.49. The number of anilines is 2. The summed E-state index contributed by atoms with van der Waals surface area (Å²) >= 11 is 0. The Morgan fingerprint density at radius 2 is 1.75 bits per heavy atom. The summed E-state index contributed by atoms with van der Waals surface area (Å²) in [6.07, 6.45) is -4.58. The van der Waals surface area contributed by atoms with E-state index in [-0.39, 0.29) is 18.0 Å². The molecule has 2 aromatic rings. The molecular weight excluding hydrogens is 393 g/mol. The SMILES string of the molecule is CC(C)S(=O)(=O)Cc1cccc(NCC(=O)Nc2ccccc2C(F)(F)F)c1. The Morgan fingerprint density at radius 3 is 2.39 bits per heavy atom. The van der Waals surface area contributed by atoms with Crippen LogP contribution in [0.25, 0.3) is 0 Å². The Balaban J connectivity index is 2.02. The zero-order valence-corrected chi connectivity index (χ0v) is 16.2. The summed E-state index contributed by atoms with van der Waals surface area (Å²) in [5, 5.41) is 4.52. The number of halogens is 3. The van der Waals surface area contributed by atoms with Gasteiger partial charge in [0.05, 0.1) is 28.8 Å². The van der Waals surface area contributed by atoms with Gasteiger partial charge in [-0.15, -0.1) is 0 Å². The Labute approximate surface area is 161 Å². The monoisotopic (exact) mass is 414 g/mol. The van der Waals surface area contributed by atoms with E-state index in [9.17, 15) is 26.4 Å². The van der Waals surface area contributed by atoms with E-state index in [1.807, 2.05) is 0 Å². The van der Waals surface area contributed by atoms with E-state index in [0.29, 0.717) is 11.3 Å². The molecule has 0 radical (unpaired) electrons. The van der Waals surface area contributed by atoms with Gasteiger partial charge in [-0.3, -0.25) is 4.79 Å². The maximum atomic E-state index is 13.0. The normalized spacial score (nSPS) is 12.1. The van der Waals surface area contributed by atoms with Crippen molar-refractivity contribution in [1.29, 1.82) is 0 Å². The highest BCUT2D eigenvalue weighted by Crippen LogP contribution is 2.34. The van der Waals surface area contributed by atoms with Crippen molar-refractivity contribution in [3.8, 4) is 0 Å². The number of hydrogen-bond acceptors (Lipinski definition) is 4. The number of hydrogen-bond donors (Lipinski definition) is 2. The molecule has 2 N–H and O–H groups in total. The Bertz CT molecular complexity index is 941. The van der Waals surface area contributed by atoms with Crippen molar-refractivity contribution in [1.82, 2.24) is 0 Å². The summed E-state index contributed by atoms with van der Waals surface area (Å²) in [7, 11) is -3.27. The molecule has 0 heterocycles. The Kier molecular flexibility index (Phi) is 6.71. The first-order valence-corrected chi connectivity index (χ1v) is 10.2. The number of amides is 1. The van der Waals surface area contributed by atoms with Crippen LogP contribution in [0, 0.1) is 0 Å². The number of rotatable bonds is 7. The van der Waals surface area contributed by atoms with Crippen LogP contribution in [0.4, 0.5) is 24.5 Å². The molecule has 0 bridgehead atoms. The Hall–Kier alpha value is -2.55. The van der Waals surface area contributed by atoms with Crippen LogP contribution in [0.3, 0.4) is 0 Å². The van der Waals surface area contributed by atoms with Gasteiger partial charge in [-0.1, -0.05) is 24.3 Å². The van der Waals surface area contributed by atoms with Crippen molar-refractivity contribution in [3.05, 3.63) is 59.7 Å². The lowest BCUT2D eigenvalue weighted by atomic mass is 10.1. The van der Waals surface area contributed by atoms with Crippen LogP contribution in [0.15, 0.2) is 48.5 Å². The third-order valence-electron chi connectivity index (χ3n) is 3.97. The van der Waals surface area contributed by atoms with Crippen molar-refractivity contribution in [2.45, 2.75) is 31.0 Å². The minimum absolute atomic E-state index is 0.134. The predicted octanol–water partition coefficient (Wildman–Crippen LogP) is 4.08. The van der Waals surface area contributed by atoms with Crippen LogP contribution in [0.5, 0.6) is 0 Å². The van der Waals surface area contributed by atoms with E-state index >= 15 is 0 Å². The fraction of sp³-hybridized carbons (Fsp3) is 0.316. The predicted molar refractivity (Wildman–Crippen MR) is 103 cm³/mol. The third-order valence-corrected chi connectivity index (χ3v) is 6.14. The zero-order valence-electron chi connectivity index (χ0n) is 15.4. The van der Waals surface area contributed by atoms with Crippen LogP contribution >= 0.6 is 0 Å². The lowest BCUT2D eigenvalue weighted by Crippen LogP contribution is -2.23. The minimum Gasteiger partial charge on any atom is -0.376 e. The summed E-state index contributed by atoms with van der Waals surface area (Å²) in [5.74, 6) is -0.789. The highest BCUT2D eigenvalue weighted by atomic mass is 32.2. The molecule has 5 nitrogen and oxygen atoms in total. The fourth-order valence-corrected chi connectivity index (χ4v) is 3.36. The molecule has 2 rings (SSSR count). The molecule has 0 fully saturated rings. The lowest BCUT2D eigenvalue weighted by molar-refractivity contribution is -0.137. The van der Waals surface area contributed by atoms with Gasteiger partial charge in [-0.05, 0) is 43.7 Å². The molecule has 0 aliphatic carbocycles. The highest BCUT2D eigenvalue weighted by molar-refractivity contribution is 7.91. The van der Waals surface area contributed by atoms with Gasteiger partial charge >= 0.3 is 6.18 Å². The molecular formula is C19H21F3N2O3S. The van der Waals surface area contributed by atoms with Crippen molar-refractivity contribution in [2.24, 2.45) is 0 Å². The number of para-hydroxylation sites is 1. The van der Waals surface area contributed by atoms with Crippen LogP contribution in [-0.4, -0.2) is 26.1 Å². The maximum absolute atomic E-state index is 13.0. The largest absolute Gasteiger partial charge is 0.418 e. The summed E-state index contributed by atoms with van der Waals surface area (Å²) in [6.45, 7) is 2.92. The molecule has 1 amide bonds. The van der Waals surface area contributed by atoms with Gasteiger partial charge in [0.15, 0.2) is 9.84 Å². The Morgan fingerprint density at radius 1 is 1.07 bits per heavy atom. The summed E-state index contributed by atoms with van der Waals surface area (Å²) in [4.78, 5) is 12.0. The fourth-order valence-electron chi connectivity index (χ4n) is 2.39. The lowest BCUT2D eigenvalue weighted by Gasteiger charge is -2.14. The summed E-state index contributed by atoms with van der Waals surface area (Å²) in [5.41, 5.74) is -0.194. The van der Waals surface area contributed by atoms with E-state index in [4.69, 9.17) is 0 Å². The first-order chi connectivity index (χ1) is 13.0. The number of carbonyl (C=O) groups is 1. The minimum atomic E-state index is -4.58. The summed E-state index contributed by atoms with van der Waals surface area (Å²) < 4.78 is 62.9. The van der Waals surface area contributed by atoms with Crippen molar-refractivity contribution in [3.63, 3.8) is 0 Å². The van der Waals surface area contributed by atoms with E-state index in [0.717, 1.165) is 6.07 Å². The molecule has 0 aromatic heterocycles. The number of sulfone groups is 1. The topological polar surface area (TPSA) is 75.3 Å². The molecule has 0 saturated carbocycles.